The molecule has 198 valence electrons. The predicted molar refractivity (Wildman–Crippen MR) is 146 cm³/mol. The van der Waals surface area contributed by atoms with Crippen LogP contribution in [0.15, 0.2) is 47.5 Å². The minimum atomic E-state index is -0.218. The Morgan fingerprint density at radius 2 is 2.03 bits per heavy atom. The Morgan fingerprint density at radius 3 is 2.74 bits per heavy atom. The van der Waals surface area contributed by atoms with Crippen molar-refractivity contribution in [1.82, 2.24) is 19.4 Å². The summed E-state index contributed by atoms with van der Waals surface area (Å²) in [6.07, 6.45) is 4.73. The third kappa shape index (κ3) is 5.91. The summed E-state index contributed by atoms with van der Waals surface area (Å²) in [4.78, 5) is 34.8. The van der Waals surface area contributed by atoms with E-state index in [4.69, 9.17) is 21.6 Å². The van der Waals surface area contributed by atoms with Crippen LogP contribution in [0.3, 0.4) is 0 Å². The van der Waals surface area contributed by atoms with Crippen molar-refractivity contribution in [1.29, 1.82) is 5.26 Å². The topological polar surface area (TPSA) is 91.5 Å². The third-order valence-electron chi connectivity index (χ3n) is 7.75. The molecule has 1 atom stereocenters. The zero-order chi connectivity index (χ0) is 26.6. The van der Waals surface area contributed by atoms with Gasteiger partial charge < -0.3 is 14.5 Å². The maximum atomic E-state index is 13.3. The van der Waals surface area contributed by atoms with Gasteiger partial charge >= 0.3 is 0 Å². The van der Waals surface area contributed by atoms with Gasteiger partial charge in [-0.15, -0.1) is 0 Å². The number of aromatic nitrogens is 2. The molecular weight excluding hydrogens is 502 g/mol. The van der Waals surface area contributed by atoms with E-state index in [9.17, 15) is 9.59 Å². The maximum Gasteiger partial charge on any atom is 0.261 e. The highest BCUT2D eigenvalue weighted by atomic mass is 35.5. The van der Waals surface area contributed by atoms with E-state index in [1.165, 1.54) is 21.4 Å². The van der Waals surface area contributed by atoms with E-state index >= 15 is 0 Å². The summed E-state index contributed by atoms with van der Waals surface area (Å²) >= 11 is 6.12. The molecule has 1 amide bonds. The molecule has 0 radical (unpaired) electrons. The fourth-order valence-corrected chi connectivity index (χ4v) is 5.71. The first-order chi connectivity index (χ1) is 18.4. The summed E-state index contributed by atoms with van der Waals surface area (Å²) in [5.74, 6) is 0.848. The molecule has 1 unspecified atom stereocenters. The molecule has 3 heterocycles. The van der Waals surface area contributed by atoms with Gasteiger partial charge in [-0.25, -0.2) is 4.98 Å². The van der Waals surface area contributed by atoms with Gasteiger partial charge in [0.1, 0.15) is 12.6 Å². The summed E-state index contributed by atoms with van der Waals surface area (Å²) in [6, 6.07) is 13.1. The Kier molecular flexibility index (Phi) is 8.08. The lowest BCUT2D eigenvalue weighted by Crippen LogP contribution is -2.36. The first-order valence-electron chi connectivity index (χ1n) is 13.1. The number of likely N-dealkylation sites (N-methyl/N-ethyl adjacent to an activating group) is 1. The second kappa shape index (κ2) is 11.6. The van der Waals surface area contributed by atoms with Crippen LogP contribution < -0.4 is 5.56 Å². The SMILES string of the molecule is CN(Cc1ccc(C#N)c(Cl)c1)C(=O)Cn1cnc2ccc(C3CCN(CC4CCOC4)CC3)cc2c1=O. The van der Waals surface area contributed by atoms with E-state index < -0.39 is 0 Å². The van der Waals surface area contributed by atoms with Crippen LogP contribution in [0.4, 0.5) is 0 Å². The van der Waals surface area contributed by atoms with Crippen molar-refractivity contribution in [2.24, 2.45) is 5.92 Å². The molecule has 8 nitrogen and oxygen atoms in total. The molecule has 2 aliphatic rings. The number of hydrogen-bond acceptors (Lipinski definition) is 6. The first kappa shape index (κ1) is 26.4. The Hall–Kier alpha value is -3.25. The van der Waals surface area contributed by atoms with Crippen molar-refractivity contribution in [2.75, 3.05) is 39.9 Å². The normalized spacial score (nSPS) is 18.5. The third-order valence-corrected chi connectivity index (χ3v) is 8.07. The minimum Gasteiger partial charge on any atom is -0.381 e. The van der Waals surface area contributed by atoms with Gasteiger partial charge in [-0.3, -0.25) is 14.2 Å². The number of hydrogen-bond donors (Lipinski definition) is 0. The molecular formula is C29H32ClN5O3. The van der Waals surface area contributed by atoms with E-state index in [2.05, 4.69) is 16.0 Å². The largest absolute Gasteiger partial charge is 0.381 e. The molecule has 5 rings (SSSR count). The molecule has 2 aliphatic heterocycles. The molecule has 2 fully saturated rings. The number of likely N-dealkylation sites (tertiary alicyclic amines) is 1. The van der Waals surface area contributed by atoms with Crippen LogP contribution >= 0.6 is 11.6 Å². The van der Waals surface area contributed by atoms with Gasteiger partial charge in [-0.1, -0.05) is 23.7 Å². The van der Waals surface area contributed by atoms with Gasteiger partial charge in [0.15, 0.2) is 0 Å². The Balaban J connectivity index is 1.24. The molecule has 38 heavy (non-hydrogen) atoms. The van der Waals surface area contributed by atoms with Crippen LogP contribution in [0.1, 0.15) is 41.9 Å². The van der Waals surface area contributed by atoms with Crippen LogP contribution in [-0.4, -0.2) is 65.2 Å². The van der Waals surface area contributed by atoms with Crippen LogP contribution in [0.25, 0.3) is 10.9 Å². The van der Waals surface area contributed by atoms with Crippen molar-refractivity contribution >= 4 is 28.4 Å². The van der Waals surface area contributed by atoms with Gasteiger partial charge in [0.05, 0.1) is 34.4 Å². The highest BCUT2D eigenvalue weighted by molar-refractivity contribution is 6.31. The first-order valence-corrected chi connectivity index (χ1v) is 13.5. The number of benzene rings is 2. The van der Waals surface area contributed by atoms with Crippen LogP contribution in [0, 0.1) is 17.2 Å². The summed E-state index contributed by atoms with van der Waals surface area (Å²) in [5.41, 5.74) is 2.79. The molecule has 9 heteroatoms. The number of ether oxygens (including phenoxy) is 1. The van der Waals surface area contributed by atoms with Gasteiger partial charge in [-0.05, 0) is 79.6 Å². The van der Waals surface area contributed by atoms with Gasteiger partial charge in [-0.2, -0.15) is 5.26 Å². The van der Waals surface area contributed by atoms with Crippen molar-refractivity contribution in [3.05, 3.63) is 74.8 Å². The van der Waals surface area contributed by atoms with E-state index in [-0.39, 0.29) is 18.0 Å². The van der Waals surface area contributed by atoms with E-state index in [1.807, 2.05) is 18.2 Å². The average Bonchev–Trinajstić information content (AvgIpc) is 3.44. The lowest BCUT2D eigenvalue weighted by molar-refractivity contribution is -0.131. The second-order valence-electron chi connectivity index (χ2n) is 10.4. The second-order valence-corrected chi connectivity index (χ2v) is 10.8. The zero-order valence-electron chi connectivity index (χ0n) is 21.6. The van der Waals surface area contributed by atoms with Gasteiger partial charge in [0.25, 0.3) is 5.56 Å². The smallest absolute Gasteiger partial charge is 0.261 e. The summed E-state index contributed by atoms with van der Waals surface area (Å²) in [6.45, 7) is 5.21. The van der Waals surface area contributed by atoms with Crippen LogP contribution in [0.2, 0.25) is 5.02 Å². The van der Waals surface area contributed by atoms with E-state index in [0.717, 1.165) is 57.7 Å². The fourth-order valence-electron chi connectivity index (χ4n) is 5.46. The van der Waals surface area contributed by atoms with E-state index in [1.54, 1.807) is 25.2 Å². The summed E-state index contributed by atoms with van der Waals surface area (Å²) in [5, 5.41) is 9.95. The lowest BCUT2D eigenvalue weighted by atomic mass is 9.88. The highest BCUT2D eigenvalue weighted by Crippen LogP contribution is 2.30. The quantitative estimate of drug-likeness (QED) is 0.459. The molecule has 1 aromatic heterocycles. The fraction of sp³-hybridized carbons (Fsp3) is 0.448. The van der Waals surface area contributed by atoms with E-state index in [0.29, 0.717) is 39.9 Å². The number of nitriles is 1. The van der Waals surface area contributed by atoms with Crippen LogP contribution in [0.5, 0.6) is 0 Å². The van der Waals surface area contributed by atoms with Gasteiger partial charge in [0, 0.05) is 26.7 Å². The Labute approximate surface area is 227 Å². The monoisotopic (exact) mass is 533 g/mol. The summed E-state index contributed by atoms with van der Waals surface area (Å²) < 4.78 is 6.90. The number of nitrogens with zero attached hydrogens (tertiary/aromatic N) is 5. The number of halogens is 1. The predicted octanol–water partition coefficient (Wildman–Crippen LogP) is 3.80. The highest BCUT2D eigenvalue weighted by Gasteiger charge is 2.25. The van der Waals surface area contributed by atoms with Crippen LogP contribution in [-0.2, 0) is 22.6 Å². The van der Waals surface area contributed by atoms with Crippen molar-refractivity contribution in [3.63, 3.8) is 0 Å². The van der Waals surface area contributed by atoms with Crippen molar-refractivity contribution in [3.8, 4) is 6.07 Å². The molecule has 2 saturated heterocycles. The average molecular weight is 534 g/mol. The number of fused-ring (bicyclic) bond motifs is 1. The Bertz CT molecular complexity index is 1420. The molecule has 3 aromatic rings. The molecule has 0 spiro atoms. The molecule has 0 aliphatic carbocycles. The molecule has 0 saturated carbocycles. The number of carbonyl (C=O) groups excluding carboxylic acids is 1. The van der Waals surface area contributed by atoms with Gasteiger partial charge in [0.2, 0.25) is 5.91 Å². The Morgan fingerprint density at radius 1 is 1.21 bits per heavy atom. The number of rotatable bonds is 7. The summed E-state index contributed by atoms with van der Waals surface area (Å²) in [7, 11) is 1.68. The molecule has 0 N–H and O–H groups in total. The zero-order valence-corrected chi connectivity index (χ0v) is 22.4. The number of amides is 1. The number of piperidine rings is 1. The molecule has 2 aromatic carbocycles. The molecule has 0 bridgehead atoms. The number of carbonyl (C=O) groups is 1. The lowest BCUT2D eigenvalue weighted by Gasteiger charge is -2.33. The van der Waals surface area contributed by atoms with Crippen molar-refractivity contribution < 1.29 is 9.53 Å². The minimum absolute atomic E-state index is 0.101. The van der Waals surface area contributed by atoms with Crippen molar-refractivity contribution in [2.45, 2.75) is 38.3 Å². The standard InChI is InChI=1S/C29H32ClN5O3/c1-33(15-20-2-3-24(14-31)26(30)12-20)28(36)17-35-19-32-27-5-4-23(13-25(27)29(35)37)22-6-9-34(10-7-22)16-21-8-11-38-18-21/h2-5,12-13,19,21-22H,6-11,15-18H2,1H3. The maximum absolute atomic E-state index is 13.3.